The second-order valence-corrected chi connectivity index (χ2v) is 7.38. The Morgan fingerprint density at radius 2 is 1.18 bits per heavy atom. The number of rotatable bonds is 12. The monoisotopic (exact) mass is 383 g/mol. The molecule has 3 N–H and O–H groups in total. The van der Waals surface area contributed by atoms with Crippen molar-refractivity contribution in [2.75, 3.05) is 6.54 Å². The highest BCUT2D eigenvalue weighted by Crippen LogP contribution is 2.27. The molecular weight excluding hydrogens is 350 g/mol. The number of benzene rings is 2. The highest BCUT2D eigenvalue weighted by molar-refractivity contribution is 5.87. The van der Waals surface area contributed by atoms with E-state index in [2.05, 4.69) is 12.2 Å². The Hall–Kier alpha value is -2.49. The Morgan fingerprint density at radius 1 is 0.750 bits per heavy atom. The fourth-order valence-electron chi connectivity index (χ4n) is 3.40. The molecule has 0 aliphatic rings. The number of carbonyl (C=O) groups is 1. The van der Waals surface area contributed by atoms with Crippen LogP contribution in [-0.4, -0.2) is 22.7 Å². The summed E-state index contributed by atoms with van der Waals surface area (Å²) in [6.07, 6.45) is 9.85. The minimum atomic E-state index is -0.463. The molecule has 0 aromatic heterocycles. The predicted octanol–water partition coefficient (Wildman–Crippen LogP) is 5.49. The fraction of sp³-hybridized carbons (Fsp3) is 0.458. The molecule has 4 nitrogen and oxygen atoms in total. The molecule has 28 heavy (non-hydrogen) atoms. The van der Waals surface area contributed by atoms with E-state index in [1.807, 2.05) is 0 Å². The van der Waals surface area contributed by atoms with Gasteiger partial charge in [0.15, 0.2) is 0 Å². The van der Waals surface area contributed by atoms with E-state index in [0.29, 0.717) is 6.54 Å². The van der Waals surface area contributed by atoms with E-state index in [1.54, 1.807) is 48.5 Å². The second-order valence-electron chi connectivity index (χ2n) is 7.38. The van der Waals surface area contributed by atoms with Crippen LogP contribution in [0.1, 0.15) is 75.3 Å². The first kappa shape index (κ1) is 21.8. The maximum Gasteiger partial charge on any atom is 0.232 e. The van der Waals surface area contributed by atoms with Crippen molar-refractivity contribution < 1.29 is 15.0 Å². The molecule has 0 unspecified atom stereocenters. The average Bonchev–Trinajstić information content (AvgIpc) is 2.70. The number of hydrogen-bond donors (Lipinski definition) is 3. The Kier molecular flexibility index (Phi) is 9.40. The quantitative estimate of drug-likeness (QED) is 0.425. The third-order valence-electron chi connectivity index (χ3n) is 5.04. The summed E-state index contributed by atoms with van der Waals surface area (Å²) in [7, 11) is 0. The van der Waals surface area contributed by atoms with E-state index in [0.717, 1.165) is 24.0 Å². The van der Waals surface area contributed by atoms with Gasteiger partial charge in [-0.1, -0.05) is 76.1 Å². The number of aromatic hydroxyl groups is 2. The maximum atomic E-state index is 12.9. The lowest BCUT2D eigenvalue weighted by atomic mass is 9.90. The summed E-state index contributed by atoms with van der Waals surface area (Å²) in [5.74, 6) is -0.172. The van der Waals surface area contributed by atoms with Gasteiger partial charge >= 0.3 is 0 Å². The lowest BCUT2D eigenvalue weighted by Gasteiger charge is -2.18. The summed E-state index contributed by atoms with van der Waals surface area (Å²) in [6, 6.07) is 13.4. The Balaban J connectivity index is 1.88. The van der Waals surface area contributed by atoms with E-state index in [9.17, 15) is 15.0 Å². The SMILES string of the molecule is CCCCCCCCCCNC(=O)C(c1ccc(O)cc1)c1ccc(O)cc1. The highest BCUT2D eigenvalue weighted by Gasteiger charge is 2.22. The summed E-state index contributed by atoms with van der Waals surface area (Å²) >= 11 is 0. The van der Waals surface area contributed by atoms with Crippen molar-refractivity contribution >= 4 is 5.91 Å². The van der Waals surface area contributed by atoms with Crippen molar-refractivity contribution in [2.45, 2.75) is 64.2 Å². The highest BCUT2D eigenvalue weighted by atomic mass is 16.3. The third kappa shape index (κ3) is 7.26. The molecule has 0 saturated heterocycles. The summed E-state index contributed by atoms with van der Waals surface area (Å²) in [5, 5.41) is 22.1. The number of phenols is 2. The van der Waals surface area contributed by atoms with Crippen molar-refractivity contribution in [3.05, 3.63) is 59.7 Å². The largest absolute Gasteiger partial charge is 0.508 e. The Morgan fingerprint density at radius 3 is 1.64 bits per heavy atom. The zero-order valence-corrected chi connectivity index (χ0v) is 16.9. The molecule has 0 saturated carbocycles. The standard InChI is InChI=1S/C24H33NO3/c1-2-3-4-5-6-7-8-9-18-25-24(28)23(19-10-14-21(26)15-11-19)20-12-16-22(27)17-13-20/h10-17,23,26-27H,2-9,18H2,1H3,(H,25,28). The van der Waals surface area contributed by atoms with E-state index in [4.69, 9.17) is 0 Å². The second kappa shape index (κ2) is 12.1. The van der Waals surface area contributed by atoms with Gasteiger partial charge in [0.2, 0.25) is 5.91 Å². The van der Waals surface area contributed by atoms with Crippen LogP contribution in [0.4, 0.5) is 0 Å². The summed E-state index contributed by atoms with van der Waals surface area (Å²) in [5.41, 5.74) is 1.63. The van der Waals surface area contributed by atoms with Gasteiger partial charge in [0.05, 0.1) is 5.92 Å². The van der Waals surface area contributed by atoms with Gasteiger partial charge in [-0.05, 0) is 41.8 Å². The number of phenolic OH excluding ortho intramolecular Hbond substituents is 2. The van der Waals surface area contributed by atoms with Crippen LogP contribution in [0, 0.1) is 0 Å². The lowest BCUT2D eigenvalue weighted by molar-refractivity contribution is -0.121. The van der Waals surface area contributed by atoms with Gasteiger partial charge in [0.1, 0.15) is 11.5 Å². The van der Waals surface area contributed by atoms with E-state index in [-0.39, 0.29) is 17.4 Å². The van der Waals surface area contributed by atoms with Gasteiger partial charge in [-0.3, -0.25) is 4.79 Å². The smallest absolute Gasteiger partial charge is 0.232 e. The van der Waals surface area contributed by atoms with Crippen LogP contribution < -0.4 is 5.32 Å². The first-order valence-electron chi connectivity index (χ1n) is 10.5. The van der Waals surface area contributed by atoms with Gasteiger partial charge in [-0.15, -0.1) is 0 Å². The van der Waals surface area contributed by atoms with Crippen molar-refractivity contribution in [1.29, 1.82) is 0 Å². The van der Waals surface area contributed by atoms with Gasteiger partial charge < -0.3 is 15.5 Å². The summed E-state index contributed by atoms with van der Waals surface area (Å²) < 4.78 is 0. The van der Waals surface area contributed by atoms with Crippen LogP contribution >= 0.6 is 0 Å². The molecule has 0 atom stereocenters. The van der Waals surface area contributed by atoms with E-state index < -0.39 is 5.92 Å². The van der Waals surface area contributed by atoms with Crippen LogP contribution in [0.2, 0.25) is 0 Å². The van der Waals surface area contributed by atoms with Crippen LogP contribution in [0.3, 0.4) is 0 Å². The minimum Gasteiger partial charge on any atom is -0.508 e. The van der Waals surface area contributed by atoms with Crippen molar-refractivity contribution in [2.24, 2.45) is 0 Å². The number of unbranched alkanes of at least 4 members (excludes halogenated alkanes) is 7. The molecule has 0 radical (unpaired) electrons. The molecule has 4 heteroatoms. The molecule has 2 rings (SSSR count). The van der Waals surface area contributed by atoms with Gasteiger partial charge in [0.25, 0.3) is 0 Å². The molecular formula is C24H33NO3. The maximum absolute atomic E-state index is 12.9. The number of amides is 1. The molecule has 0 heterocycles. The zero-order chi connectivity index (χ0) is 20.2. The summed E-state index contributed by atoms with van der Waals surface area (Å²) in [4.78, 5) is 12.9. The molecule has 2 aromatic rings. The molecule has 0 bridgehead atoms. The van der Waals surface area contributed by atoms with Gasteiger partial charge in [0, 0.05) is 6.54 Å². The topological polar surface area (TPSA) is 69.6 Å². The van der Waals surface area contributed by atoms with E-state index >= 15 is 0 Å². The van der Waals surface area contributed by atoms with Gasteiger partial charge in [-0.25, -0.2) is 0 Å². The first-order chi connectivity index (χ1) is 13.6. The molecule has 0 spiro atoms. The normalized spacial score (nSPS) is 10.9. The first-order valence-corrected chi connectivity index (χ1v) is 10.5. The lowest BCUT2D eigenvalue weighted by Crippen LogP contribution is -2.30. The molecule has 0 aliphatic carbocycles. The zero-order valence-electron chi connectivity index (χ0n) is 16.9. The van der Waals surface area contributed by atoms with Crippen LogP contribution in [0.15, 0.2) is 48.5 Å². The van der Waals surface area contributed by atoms with Crippen molar-refractivity contribution in [3.8, 4) is 11.5 Å². The molecule has 1 amide bonds. The Bertz CT molecular complexity index is 649. The van der Waals surface area contributed by atoms with Crippen LogP contribution in [-0.2, 0) is 4.79 Å². The van der Waals surface area contributed by atoms with Crippen LogP contribution in [0.5, 0.6) is 11.5 Å². The predicted molar refractivity (Wildman–Crippen MR) is 114 cm³/mol. The molecule has 152 valence electrons. The van der Waals surface area contributed by atoms with Crippen molar-refractivity contribution in [1.82, 2.24) is 5.32 Å². The van der Waals surface area contributed by atoms with Crippen molar-refractivity contribution in [3.63, 3.8) is 0 Å². The molecule has 0 fully saturated rings. The summed E-state index contributed by atoms with van der Waals surface area (Å²) in [6.45, 7) is 2.90. The number of nitrogens with one attached hydrogen (secondary N) is 1. The van der Waals surface area contributed by atoms with Crippen LogP contribution in [0.25, 0.3) is 0 Å². The number of hydrogen-bond acceptors (Lipinski definition) is 3. The van der Waals surface area contributed by atoms with Gasteiger partial charge in [-0.2, -0.15) is 0 Å². The fourth-order valence-corrected chi connectivity index (χ4v) is 3.40. The van der Waals surface area contributed by atoms with E-state index in [1.165, 1.54) is 38.5 Å². The average molecular weight is 384 g/mol. The number of carbonyl (C=O) groups excluding carboxylic acids is 1. The third-order valence-corrected chi connectivity index (χ3v) is 5.04. The Labute approximate surface area is 168 Å². The minimum absolute atomic E-state index is 0.0562. The molecule has 2 aromatic carbocycles. The molecule has 0 aliphatic heterocycles.